The Morgan fingerprint density at radius 1 is 0.929 bits per heavy atom. The smallest absolute Gasteiger partial charge is 0.253 e. The van der Waals surface area contributed by atoms with Gasteiger partial charge in [0.25, 0.3) is 5.91 Å². The minimum absolute atomic E-state index is 0.116. The first-order chi connectivity index (χ1) is 13.8. The molecule has 1 aliphatic heterocycles. The average molecular weight is 373 g/mol. The fourth-order valence-corrected chi connectivity index (χ4v) is 3.42. The third kappa shape index (κ3) is 4.24. The molecule has 3 aromatic rings. The van der Waals surface area contributed by atoms with Crippen LogP contribution in [0.1, 0.15) is 17.2 Å². The minimum atomic E-state index is -0.532. The Labute approximate surface area is 165 Å². The number of carbonyl (C=O) groups is 1. The van der Waals surface area contributed by atoms with Crippen LogP contribution in [0.25, 0.3) is 11.1 Å². The molecule has 0 aromatic heterocycles. The van der Waals surface area contributed by atoms with E-state index >= 15 is 0 Å². The monoisotopic (exact) mass is 373 g/mol. The zero-order valence-electron chi connectivity index (χ0n) is 15.6. The van der Waals surface area contributed by atoms with Gasteiger partial charge >= 0.3 is 0 Å². The van der Waals surface area contributed by atoms with E-state index in [9.17, 15) is 4.79 Å². The Bertz CT molecular complexity index is 922. The Kier molecular flexibility index (Phi) is 5.69. The van der Waals surface area contributed by atoms with Crippen LogP contribution < -0.4 is 10.1 Å². The van der Waals surface area contributed by atoms with Crippen LogP contribution in [0.15, 0.2) is 78.9 Å². The zero-order valence-corrected chi connectivity index (χ0v) is 15.6. The number of rotatable bonds is 6. The molecular weight excluding hydrogens is 350 g/mol. The highest BCUT2D eigenvalue weighted by atomic mass is 16.5. The van der Waals surface area contributed by atoms with Gasteiger partial charge in [-0.05, 0) is 40.8 Å². The summed E-state index contributed by atoms with van der Waals surface area (Å²) in [5.41, 5.74) is 4.47. The maximum absolute atomic E-state index is 12.5. The number of benzene rings is 3. The predicted octanol–water partition coefficient (Wildman–Crippen LogP) is 4.16. The summed E-state index contributed by atoms with van der Waals surface area (Å²) in [5, 5.41) is 2.91. The van der Waals surface area contributed by atoms with Crippen LogP contribution in [0.3, 0.4) is 0 Å². The molecule has 4 heteroatoms. The van der Waals surface area contributed by atoms with Crippen molar-refractivity contribution in [3.05, 3.63) is 90.0 Å². The summed E-state index contributed by atoms with van der Waals surface area (Å²) in [5.74, 6) is 0.670. The van der Waals surface area contributed by atoms with Gasteiger partial charge in [0.1, 0.15) is 12.4 Å². The minimum Gasteiger partial charge on any atom is -0.492 e. The van der Waals surface area contributed by atoms with Crippen molar-refractivity contribution in [2.75, 3.05) is 19.8 Å². The second-order valence-corrected chi connectivity index (χ2v) is 6.73. The van der Waals surface area contributed by atoms with Gasteiger partial charge in [0.2, 0.25) is 0 Å². The van der Waals surface area contributed by atoms with E-state index in [-0.39, 0.29) is 5.91 Å². The highest BCUT2D eigenvalue weighted by Crippen LogP contribution is 2.27. The average Bonchev–Trinajstić information content (AvgIpc) is 2.77. The SMILES string of the molecule is O=C(NCCOc1ccc(-c2ccccc2)cc1)[C@H]1OCCc2ccccc21. The maximum atomic E-state index is 12.5. The first-order valence-electron chi connectivity index (χ1n) is 9.57. The van der Waals surface area contributed by atoms with Crippen molar-refractivity contribution >= 4 is 5.91 Å². The first-order valence-corrected chi connectivity index (χ1v) is 9.57. The van der Waals surface area contributed by atoms with Gasteiger partial charge in [-0.15, -0.1) is 0 Å². The van der Waals surface area contributed by atoms with Crippen molar-refractivity contribution in [2.45, 2.75) is 12.5 Å². The molecule has 1 N–H and O–H groups in total. The highest BCUT2D eigenvalue weighted by Gasteiger charge is 2.26. The predicted molar refractivity (Wildman–Crippen MR) is 109 cm³/mol. The fourth-order valence-electron chi connectivity index (χ4n) is 3.42. The molecule has 0 bridgehead atoms. The molecule has 1 amide bonds. The van der Waals surface area contributed by atoms with E-state index in [0.29, 0.717) is 19.8 Å². The fraction of sp³-hybridized carbons (Fsp3) is 0.208. The number of ether oxygens (including phenoxy) is 2. The molecule has 142 valence electrons. The lowest BCUT2D eigenvalue weighted by molar-refractivity contribution is -0.134. The Balaban J connectivity index is 1.27. The lowest BCUT2D eigenvalue weighted by Gasteiger charge is -2.25. The Hall–Kier alpha value is -3.11. The van der Waals surface area contributed by atoms with E-state index in [4.69, 9.17) is 9.47 Å². The summed E-state index contributed by atoms with van der Waals surface area (Å²) in [4.78, 5) is 12.5. The molecule has 0 saturated carbocycles. The first kappa shape index (κ1) is 18.3. The normalized spacial score (nSPS) is 15.5. The molecule has 0 aliphatic carbocycles. The number of nitrogens with one attached hydrogen (secondary N) is 1. The quantitative estimate of drug-likeness (QED) is 0.660. The van der Waals surface area contributed by atoms with Crippen LogP contribution in [0.2, 0.25) is 0 Å². The Morgan fingerprint density at radius 2 is 1.64 bits per heavy atom. The van der Waals surface area contributed by atoms with Crippen LogP contribution in [-0.2, 0) is 16.0 Å². The molecule has 4 rings (SSSR count). The van der Waals surface area contributed by atoms with E-state index in [1.807, 2.05) is 60.7 Å². The molecule has 0 fully saturated rings. The third-order valence-corrected chi connectivity index (χ3v) is 4.86. The van der Waals surface area contributed by atoms with Gasteiger partial charge in [-0.1, -0.05) is 66.7 Å². The summed E-state index contributed by atoms with van der Waals surface area (Å²) in [6.07, 6.45) is 0.317. The van der Waals surface area contributed by atoms with Gasteiger partial charge < -0.3 is 14.8 Å². The zero-order chi connectivity index (χ0) is 19.2. The summed E-state index contributed by atoms with van der Waals surface area (Å²) in [7, 11) is 0. The van der Waals surface area contributed by atoms with Crippen LogP contribution in [0.4, 0.5) is 0 Å². The van der Waals surface area contributed by atoms with Gasteiger partial charge in [-0.25, -0.2) is 0 Å². The van der Waals surface area contributed by atoms with Gasteiger partial charge in [-0.2, -0.15) is 0 Å². The van der Waals surface area contributed by atoms with Gasteiger partial charge in [0, 0.05) is 0 Å². The molecule has 1 atom stereocenters. The van der Waals surface area contributed by atoms with Crippen molar-refractivity contribution in [1.82, 2.24) is 5.32 Å². The summed E-state index contributed by atoms with van der Waals surface area (Å²) in [6.45, 7) is 1.41. The maximum Gasteiger partial charge on any atom is 0.253 e. The summed E-state index contributed by atoms with van der Waals surface area (Å²) < 4.78 is 11.4. The second kappa shape index (κ2) is 8.72. The topological polar surface area (TPSA) is 47.6 Å². The van der Waals surface area contributed by atoms with Crippen molar-refractivity contribution in [3.8, 4) is 16.9 Å². The van der Waals surface area contributed by atoms with Gasteiger partial charge in [-0.3, -0.25) is 4.79 Å². The second-order valence-electron chi connectivity index (χ2n) is 6.73. The van der Waals surface area contributed by atoms with Gasteiger partial charge in [0.05, 0.1) is 13.2 Å². The van der Waals surface area contributed by atoms with Crippen molar-refractivity contribution in [2.24, 2.45) is 0 Å². The number of fused-ring (bicyclic) bond motifs is 1. The Morgan fingerprint density at radius 3 is 2.46 bits per heavy atom. The lowest BCUT2D eigenvalue weighted by Crippen LogP contribution is -2.35. The van der Waals surface area contributed by atoms with Crippen molar-refractivity contribution < 1.29 is 14.3 Å². The van der Waals surface area contributed by atoms with E-state index in [0.717, 1.165) is 23.3 Å². The molecular formula is C24H23NO3. The molecule has 1 aliphatic rings. The lowest BCUT2D eigenvalue weighted by atomic mass is 9.97. The number of amides is 1. The van der Waals surface area contributed by atoms with E-state index < -0.39 is 6.10 Å². The standard InChI is InChI=1S/C24H23NO3/c26-24(23-22-9-5-4-8-20(22)14-16-28-23)25-15-17-27-21-12-10-19(11-13-21)18-6-2-1-3-7-18/h1-13,23H,14-17H2,(H,25,26)/t23-/m0/s1. The largest absolute Gasteiger partial charge is 0.492 e. The molecule has 3 aromatic carbocycles. The van der Waals surface area contributed by atoms with Crippen LogP contribution in [0, 0.1) is 0 Å². The number of carbonyl (C=O) groups excluding carboxylic acids is 1. The molecule has 0 unspecified atom stereocenters. The third-order valence-electron chi connectivity index (χ3n) is 4.86. The van der Waals surface area contributed by atoms with Crippen molar-refractivity contribution in [1.29, 1.82) is 0 Å². The van der Waals surface area contributed by atoms with Crippen molar-refractivity contribution in [3.63, 3.8) is 0 Å². The number of hydrogen-bond donors (Lipinski definition) is 1. The van der Waals surface area contributed by atoms with E-state index in [2.05, 4.69) is 23.5 Å². The summed E-state index contributed by atoms with van der Waals surface area (Å²) >= 11 is 0. The molecule has 4 nitrogen and oxygen atoms in total. The molecule has 28 heavy (non-hydrogen) atoms. The van der Waals surface area contributed by atoms with E-state index in [1.165, 1.54) is 11.1 Å². The van der Waals surface area contributed by atoms with Crippen LogP contribution in [-0.4, -0.2) is 25.7 Å². The molecule has 0 saturated heterocycles. The summed E-state index contributed by atoms with van der Waals surface area (Å²) in [6, 6.07) is 26.1. The molecule has 0 spiro atoms. The highest BCUT2D eigenvalue weighted by molar-refractivity contribution is 5.82. The molecule has 1 heterocycles. The van der Waals surface area contributed by atoms with E-state index in [1.54, 1.807) is 0 Å². The van der Waals surface area contributed by atoms with Crippen LogP contribution >= 0.6 is 0 Å². The van der Waals surface area contributed by atoms with Crippen LogP contribution in [0.5, 0.6) is 5.75 Å². The molecule has 0 radical (unpaired) electrons. The van der Waals surface area contributed by atoms with Gasteiger partial charge in [0.15, 0.2) is 6.10 Å². The number of hydrogen-bond acceptors (Lipinski definition) is 3.